The summed E-state index contributed by atoms with van der Waals surface area (Å²) in [7, 11) is 2.97. The highest BCUT2D eigenvalue weighted by Gasteiger charge is 2.34. The van der Waals surface area contributed by atoms with E-state index in [-0.39, 0.29) is 17.1 Å². The van der Waals surface area contributed by atoms with Crippen LogP contribution in [0.3, 0.4) is 0 Å². The van der Waals surface area contributed by atoms with Gasteiger partial charge in [-0.05, 0) is 53.2 Å². The first-order valence-electron chi connectivity index (χ1n) is 9.34. The van der Waals surface area contributed by atoms with Gasteiger partial charge < -0.3 is 10.1 Å². The maximum absolute atomic E-state index is 12.5. The SMILES string of the molecule is COC(=O)c1c(NC(=O)CSc2c(=O)o[nH][n+]2C)sc2c1CCC(C(C)(C)C)C2. The van der Waals surface area contributed by atoms with E-state index in [1.165, 1.54) is 23.1 Å². The van der Waals surface area contributed by atoms with Crippen LogP contribution in [-0.4, -0.2) is 30.0 Å². The molecule has 29 heavy (non-hydrogen) atoms. The molecule has 0 saturated carbocycles. The van der Waals surface area contributed by atoms with E-state index in [9.17, 15) is 14.4 Å². The van der Waals surface area contributed by atoms with Gasteiger partial charge in [0.25, 0.3) is 0 Å². The smallest absolute Gasteiger partial charge is 0.441 e. The number of fused-ring (bicyclic) bond motifs is 1. The quantitative estimate of drug-likeness (QED) is 0.421. The van der Waals surface area contributed by atoms with E-state index >= 15 is 0 Å². The van der Waals surface area contributed by atoms with Gasteiger partial charge in [0.05, 0.1) is 18.4 Å². The molecule has 1 aliphatic carbocycles. The largest absolute Gasteiger partial charge is 0.465 e. The number of aromatic amines is 1. The molecule has 0 radical (unpaired) electrons. The summed E-state index contributed by atoms with van der Waals surface area (Å²) in [6.45, 7) is 6.69. The van der Waals surface area contributed by atoms with Crippen molar-refractivity contribution in [3.8, 4) is 0 Å². The van der Waals surface area contributed by atoms with Crippen molar-refractivity contribution in [2.45, 2.75) is 45.1 Å². The highest BCUT2D eigenvalue weighted by molar-refractivity contribution is 7.99. The number of nitrogens with one attached hydrogen (secondary N) is 2. The fourth-order valence-electron chi connectivity index (χ4n) is 3.52. The Morgan fingerprint density at radius 3 is 2.72 bits per heavy atom. The molecule has 0 aromatic carbocycles. The number of thioether (sulfide) groups is 1. The summed E-state index contributed by atoms with van der Waals surface area (Å²) in [6, 6.07) is 0. The number of esters is 1. The van der Waals surface area contributed by atoms with Gasteiger partial charge in [-0.3, -0.25) is 9.32 Å². The molecule has 2 aromatic rings. The van der Waals surface area contributed by atoms with Crippen molar-refractivity contribution in [1.29, 1.82) is 0 Å². The van der Waals surface area contributed by atoms with Crippen molar-refractivity contribution in [3.63, 3.8) is 0 Å². The number of amides is 1. The number of aromatic nitrogens is 2. The molecule has 1 amide bonds. The van der Waals surface area contributed by atoms with E-state index < -0.39 is 11.6 Å². The van der Waals surface area contributed by atoms with Crippen LogP contribution in [0.5, 0.6) is 0 Å². The normalized spacial score (nSPS) is 16.4. The Morgan fingerprint density at radius 1 is 1.41 bits per heavy atom. The van der Waals surface area contributed by atoms with Gasteiger partial charge in [-0.15, -0.1) is 11.3 Å². The lowest BCUT2D eigenvalue weighted by atomic mass is 9.72. The fourth-order valence-corrected chi connectivity index (χ4v) is 5.58. The molecular formula is C19H26N3O5S2+. The van der Waals surface area contributed by atoms with Crippen molar-refractivity contribution in [2.75, 3.05) is 18.2 Å². The lowest BCUT2D eigenvalue weighted by Crippen LogP contribution is -2.34. The molecule has 0 aliphatic heterocycles. The molecule has 2 aromatic heterocycles. The molecule has 10 heteroatoms. The van der Waals surface area contributed by atoms with Gasteiger partial charge in [-0.25, -0.2) is 9.59 Å². The molecule has 0 fully saturated rings. The number of nitrogens with zero attached hydrogens (tertiary/aromatic N) is 1. The van der Waals surface area contributed by atoms with Gasteiger partial charge >= 0.3 is 16.6 Å². The minimum atomic E-state index is -0.527. The molecule has 3 rings (SSSR count). The van der Waals surface area contributed by atoms with Crippen molar-refractivity contribution >= 4 is 40.0 Å². The van der Waals surface area contributed by atoms with Gasteiger partial charge in [-0.1, -0.05) is 25.5 Å². The Morgan fingerprint density at radius 2 is 2.14 bits per heavy atom. The predicted octanol–water partition coefficient (Wildman–Crippen LogP) is 2.52. The summed E-state index contributed by atoms with van der Waals surface area (Å²) in [5, 5.41) is 6.07. The lowest BCUT2D eigenvalue weighted by Gasteiger charge is -2.33. The summed E-state index contributed by atoms with van der Waals surface area (Å²) in [5.41, 5.74) is 1.11. The Bertz CT molecular complexity index is 983. The summed E-state index contributed by atoms with van der Waals surface area (Å²) < 4.78 is 11.1. The van der Waals surface area contributed by atoms with Crippen LogP contribution in [0, 0.1) is 11.3 Å². The van der Waals surface area contributed by atoms with Crippen molar-refractivity contribution < 1.29 is 23.5 Å². The highest BCUT2D eigenvalue weighted by Crippen LogP contribution is 2.44. The molecule has 0 bridgehead atoms. The predicted molar refractivity (Wildman–Crippen MR) is 110 cm³/mol. The number of aryl methyl sites for hydroxylation is 1. The summed E-state index contributed by atoms with van der Waals surface area (Å²) in [5.74, 6) is -0.195. The third kappa shape index (κ3) is 4.58. The third-order valence-electron chi connectivity index (χ3n) is 5.23. The zero-order valence-corrected chi connectivity index (χ0v) is 18.8. The zero-order chi connectivity index (χ0) is 21.3. The van der Waals surface area contributed by atoms with E-state index in [0.717, 1.165) is 41.5 Å². The number of carbonyl (C=O) groups is 2. The average molecular weight is 441 g/mol. The van der Waals surface area contributed by atoms with E-state index in [1.54, 1.807) is 7.05 Å². The van der Waals surface area contributed by atoms with E-state index in [4.69, 9.17) is 4.74 Å². The summed E-state index contributed by atoms with van der Waals surface area (Å²) >= 11 is 2.52. The molecule has 0 saturated heterocycles. The number of ether oxygens (including phenoxy) is 1. The second kappa shape index (κ2) is 8.35. The summed E-state index contributed by atoms with van der Waals surface area (Å²) in [6.07, 6.45) is 2.68. The number of anilines is 1. The molecule has 158 valence electrons. The molecular weight excluding hydrogens is 414 g/mol. The van der Waals surface area contributed by atoms with Crippen LogP contribution in [0.4, 0.5) is 5.00 Å². The number of carbonyl (C=O) groups excluding carboxylic acids is 2. The van der Waals surface area contributed by atoms with Crippen LogP contribution >= 0.6 is 23.1 Å². The molecule has 1 atom stereocenters. The van der Waals surface area contributed by atoms with Gasteiger partial charge in [0, 0.05) is 4.88 Å². The van der Waals surface area contributed by atoms with Crippen LogP contribution in [0.25, 0.3) is 0 Å². The second-order valence-corrected chi connectivity index (χ2v) is 10.3. The van der Waals surface area contributed by atoms with Crippen molar-refractivity contribution in [1.82, 2.24) is 5.27 Å². The van der Waals surface area contributed by atoms with Crippen LogP contribution in [0.2, 0.25) is 0 Å². The minimum Gasteiger partial charge on any atom is -0.465 e. The zero-order valence-electron chi connectivity index (χ0n) is 17.2. The van der Waals surface area contributed by atoms with Crippen LogP contribution in [0.1, 0.15) is 48.0 Å². The molecule has 0 spiro atoms. The van der Waals surface area contributed by atoms with Gasteiger partial charge in [0.2, 0.25) is 5.91 Å². The first-order chi connectivity index (χ1) is 13.6. The lowest BCUT2D eigenvalue weighted by molar-refractivity contribution is -0.772. The van der Waals surface area contributed by atoms with Crippen molar-refractivity contribution in [2.24, 2.45) is 18.4 Å². The highest BCUT2D eigenvalue weighted by atomic mass is 32.2. The first kappa shape index (κ1) is 21.6. The number of rotatable bonds is 5. The van der Waals surface area contributed by atoms with Crippen LogP contribution in [0.15, 0.2) is 14.3 Å². The van der Waals surface area contributed by atoms with E-state index in [1.807, 2.05) is 0 Å². The fraction of sp³-hybridized carbons (Fsp3) is 0.579. The third-order valence-corrected chi connectivity index (χ3v) is 7.52. The van der Waals surface area contributed by atoms with Gasteiger partial charge in [0.1, 0.15) is 5.00 Å². The average Bonchev–Trinajstić information content (AvgIpc) is 3.17. The number of thiophene rings is 1. The Balaban J connectivity index is 1.80. The standard InChI is InChI=1S/C19H25N3O5S2/c1-19(2,3)10-6-7-11-12(8-10)29-15(14(11)17(24)26-5)20-13(23)9-28-16-18(25)27-21-22(16)4/h10H,6-9H2,1-5H3,(H-,20,21,23,24,25)/p+1. The van der Waals surface area contributed by atoms with Crippen LogP contribution in [-0.2, 0) is 29.4 Å². The summed E-state index contributed by atoms with van der Waals surface area (Å²) in [4.78, 5) is 37.7. The number of hydrogen-bond acceptors (Lipinski definition) is 7. The van der Waals surface area contributed by atoms with Crippen LogP contribution < -0.4 is 15.6 Å². The second-order valence-electron chi connectivity index (χ2n) is 8.19. The molecule has 8 nitrogen and oxygen atoms in total. The topological polar surface area (TPSA) is 105 Å². The van der Waals surface area contributed by atoms with Gasteiger partial charge in [0.15, 0.2) is 7.05 Å². The maximum atomic E-state index is 12.5. The van der Waals surface area contributed by atoms with E-state index in [2.05, 4.69) is 35.9 Å². The number of hydrogen-bond donors (Lipinski definition) is 2. The number of H-pyrrole nitrogens is 1. The Labute approximate surface area is 177 Å². The molecule has 1 aliphatic rings. The first-order valence-corrected chi connectivity index (χ1v) is 11.1. The van der Waals surface area contributed by atoms with Gasteiger partial charge in [-0.2, -0.15) is 0 Å². The van der Waals surface area contributed by atoms with Crippen molar-refractivity contribution in [3.05, 3.63) is 26.4 Å². The molecule has 2 heterocycles. The molecule has 2 N–H and O–H groups in total. The number of methoxy groups -OCH3 is 1. The monoisotopic (exact) mass is 440 g/mol. The minimum absolute atomic E-state index is 0.0181. The van der Waals surface area contributed by atoms with E-state index in [0.29, 0.717) is 21.5 Å². The Kier molecular flexibility index (Phi) is 6.23. The maximum Gasteiger partial charge on any atom is 0.441 e. The molecule has 1 unspecified atom stereocenters. The Hall–Kier alpha value is -2.07.